The first-order chi connectivity index (χ1) is 8.50. The molecule has 0 saturated heterocycles. The zero-order chi connectivity index (χ0) is 13.3. The lowest BCUT2D eigenvalue weighted by Gasteiger charge is -2.25. The zero-order valence-corrected chi connectivity index (χ0v) is 11.8. The first-order valence-corrected chi connectivity index (χ1v) is 6.97. The minimum absolute atomic E-state index is 0.135. The molecule has 1 aliphatic carbocycles. The van der Waals surface area contributed by atoms with E-state index in [1.807, 2.05) is 0 Å². The summed E-state index contributed by atoms with van der Waals surface area (Å²) in [4.78, 5) is 12.2. The van der Waals surface area contributed by atoms with Crippen LogP contribution in [0.4, 0.5) is 8.78 Å². The molecule has 2 unspecified atom stereocenters. The molecule has 0 N–H and O–H groups in total. The molecular weight excluding hydrogens is 302 g/mol. The zero-order valence-electron chi connectivity index (χ0n) is 10.2. The van der Waals surface area contributed by atoms with Crippen LogP contribution in [-0.2, 0) is 0 Å². The third-order valence-electron chi connectivity index (χ3n) is 3.60. The van der Waals surface area contributed by atoms with Crippen molar-refractivity contribution in [3.8, 4) is 0 Å². The predicted molar refractivity (Wildman–Crippen MR) is 69.5 cm³/mol. The third-order valence-corrected chi connectivity index (χ3v) is 4.21. The summed E-state index contributed by atoms with van der Waals surface area (Å²) >= 11 is 2.99. The highest BCUT2D eigenvalue weighted by molar-refractivity contribution is 9.10. The van der Waals surface area contributed by atoms with E-state index in [1.54, 1.807) is 0 Å². The fraction of sp³-hybridized carbons (Fsp3) is 0.500. The van der Waals surface area contributed by atoms with E-state index in [9.17, 15) is 13.6 Å². The first kappa shape index (κ1) is 13.7. The van der Waals surface area contributed by atoms with Gasteiger partial charge in [-0.2, -0.15) is 0 Å². The average Bonchev–Trinajstić information content (AvgIpc) is 2.34. The normalized spacial score (nSPS) is 24.0. The molecule has 0 bridgehead atoms. The maximum atomic E-state index is 13.9. The van der Waals surface area contributed by atoms with E-state index in [0.29, 0.717) is 5.92 Å². The maximum Gasteiger partial charge on any atom is 0.171 e. The number of halogens is 3. The van der Waals surface area contributed by atoms with Crippen LogP contribution < -0.4 is 0 Å². The minimum atomic E-state index is -0.779. The van der Waals surface area contributed by atoms with E-state index < -0.39 is 17.4 Å². The molecule has 4 heteroatoms. The molecular formula is C14H15BrF2O. The fourth-order valence-electron chi connectivity index (χ4n) is 2.63. The Morgan fingerprint density at radius 3 is 2.72 bits per heavy atom. The van der Waals surface area contributed by atoms with Crippen LogP contribution in [0.3, 0.4) is 0 Å². The molecule has 0 heterocycles. The highest BCUT2D eigenvalue weighted by Crippen LogP contribution is 2.33. The number of ketones is 1. The molecule has 18 heavy (non-hydrogen) atoms. The molecule has 2 atom stereocenters. The Labute approximate surface area is 114 Å². The van der Waals surface area contributed by atoms with E-state index >= 15 is 0 Å². The Bertz CT molecular complexity index is 473. The largest absolute Gasteiger partial charge is 0.294 e. The molecule has 1 aliphatic rings. The van der Waals surface area contributed by atoms with Crippen molar-refractivity contribution in [3.05, 3.63) is 33.8 Å². The highest BCUT2D eigenvalue weighted by Gasteiger charge is 2.30. The first-order valence-electron chi connectivity index (χ1n) is 6.18. The van der Waals surface area contributed by atoms with Crippen molar-refractivity contribution in [2.75, 3.05) is 0 Å². The summed E-state index contributed by atoms with van der Waals surface area (Å²) in [7, 11) is 0. The topological polar surface area (TPSA) is 17.1 Å². The van der Waals surface area contributed by atoms with Crippen molar-refractivity contribution >= 4 is 21.7 Å². The number of hydrogen-bond acceptors (Lipinski definition) is 1. The fourth-order valence-corrected chi connectivity index (χ4v) is 2.96. The molecule has 98 valence electrons. The van der Waals surface area contributed by atoms with E-state index in [-0.39, 0.29) is 16.0 Å². The molecule has 1 fully saturated rings. The lowest BCUT2D eigenvalue weighted by atomic mass is 9.78. The monoisotopic (exact) mass is 316 g/mol. The predicted octanol–water partition coefficient (Wildman–Crippen LogP) is 4.74. The van der Waals surface area contributed by atoms with Crippen molar-refractivity contribution in [3.63, 3.8) is 0 Å². The molecule has 0 amide bonds. The Kier molecular flexibility index (Phi) is 4.15. The average molecular weight is 317 g/mol. The van der Waals surface area contributed by atoms with Crippen molar-refractivity contribution in [1.82, 2.24) is 0 Å². The van der Waals surface area contributed by atoms with Gasteiger partial charge in [0, 0.05) is 5.92 Å². The van der Waals surface area contributed by atoms with Crippen LogP contribution in [0.15, 0.2) is 16.6 Å². The van der Waals surface area contributed by atoms with E-state index in [0.717, 1.165) is 31.7 Å². The van der Waals surface area contributed by atoms with Crippen LogP contribution in [0.5, 0.6) is 0 Å². The molecule has 1 nitrogen and oxygen atoms in total. The summed E-state index contributed by atoms with van der Waals surface area (Å²) < 4.78 is 27.6. The van der Waals surface area contributed by atoms with Gasteiger partial charge in [0.15, 0.2) is 11.6 Å². The van der Waals surface area contributed by atoms with Crippen LogP contribution >= 0.6 is 15.9 Å². The van der Waals surface area contributed by atoms with E-state index in [4.69, 9.17) is 0 Å². The summed E-state index contributed by atoms with van der Waals surface area (Å²) in [6.07, 6.45) is 3.50. The SMILES string of the molecule is CC1CCCC(C(=O)c2c(F)ccc(Br)c2F)C1. The minimum Gasteiger partial charge on any atom is -0.294 e. The summed E-state index contributed by atoms with van der Waals surface area (Å²) in [5, 5.41) is 0. The van der Waals surface area contributed by atoms with Crippen LogP contribution in [0.1, 0.15) is 43.0 Å². The van der Waals surface area contributed by atoms with Crippen molar-refractivity contribution in [2.45, 2.75) is 32.6 Å². The Morgan fingerprint density at radius 2 is 2.06 bits per heavy atom. The van der Waals surface area contributed by atoms with Gasteiger partial charge in [0.25, 0.3) is 0 Å². The van der Waals surface area contributed by atoms with Gasteiger partial charge in [-0.25, -0.2) is 8.78 Å². The second-order valence-corrected chi connectivity index (χ2v) is 5.91. The summed E-state index contributed by atoms with van der Waals surface area (Å²) in [6.45, 7) is 2.08. The van der Waals surface area contributed by atoms with Gasteiger partial charge in [-0.3, -0.25) is 4.79 Å². The van der Waals surface area contributed by atoms with Gasteiger partial charge in [0.05, 0.1) is 10.0 Å². The molecule has 1 saturated carbocycles. The van der Waals surface area contributed by atoms with Crippen LogP contribution in [0.25, 0.3) is 0 Å². The third kappa shape index (κ3) is 2.63. The van der Waals surface area contributed by atoms with Gasteiger partial charge >= 0.3 is 0 Å². The Morgan fingerprint density at radius 1 is 1.33 bits per heavy atom. The van der Waals surface area contributed by atoms with Crippen LogP contribution in [-0.4, -0.2) is 5.78 Å². The van der Waals surface area contributed by atoms with Gasteiger partial charge in [-0.15, -0.1) is 0 Å². The number of rotatable bonds is 2. The van der Waals surface area contributed by atoms with Crippen molar-refractivity contribution in [2.24, 2.45) is 11.8 Å². The van der Waals surface area contributed by atoms with Crippen molar-refractivity contribution in [1.29, 1.82) is 0 Å². The quantitative estimate of drug-likeness (QED) is 0.569. The van der Waals surface area contributed by atoms with Gasteiger partial charge in [0.2, 0.25) is 0 Å². The van der Waals surface area contributed by atoms with E-state index in [1.165, 1.54) is 6.07 Å². The Balaban J connectivity index is 2.31. The maximum absolute atomic E-state index is 13.9. The summed E-state index contributed by atoms with van der Waals surface area (Å²) in [6, 6.07) is 2.41. The molecule has 0 aliphatic heterocycles. The lowest BCUT2D eigenvalue weighted by molar-refractivity contribution is 0.0859. The molecule has 0 spiro atoms. The van der Waals surface area contributed by atoms with Gasteiger partial charge in [-0.05, 0) is 46.8 Å². The molecule has 2 rings (SSSR count). The smallest absolute Gasteiger partial charge is 0.171 e. The number of carbonyl (C=O) groups is 1. The lowest BCUT2D eigenvalue weighted by Crippen LogP contribution is -2.23. The number of hydrogen-bond donors (Lipinski definition) is 0. The standard InChI is InChI=1S/C14H15BrF2O/c1-8-3-2-4-9(7-8)14(18)12-11(16)6-5-10(15)13(12)17/h5-6,8-9H,2-4,7H2,1H3. The highest BCUT2D eigenvalue weighted by atomic mass is 79.9. The van der Waals surface area contributed by atoms with Crippen LogP contribution in [0.2, 0.25) is 0 Å². The summed E-state index contributed by atoms with van der Waals surface area (Å²) in [5.74, 6) is -1.73. The van der Waals surface area contributed by atoms with Crippen LogP contribution in [0, 0.1) is 23.5 Å². The second-order valence-electron chi connectivity index (χ2n) is 5.05. The Hall–Kier alpha value is -0.770. The summed E-state index contributed by atoms with van der Waals surface area (Å²) in [5.41, 5.74) is -0.386. The van der Waals surface area contributed by atoms with Gasteiger partial charge < -0.3 is 0 Å². The van der Waals surface area contributed by atoms with Gasteiger partial charge in [0.1, 0.15) is 5.82 Å². The van der Waals surface area contributed by atoms with E-state index in [2.05, 4.69) is 22.9 Å². The molecule has 0 aromatic heterocycles. The number of Topliss-reactive ketones (excluding diaryl/α,β-unsaturated/α-hetero) is 1. The molecule has 1 aromatic rings. The molecule has 1 aromatic carbocycles. The molecule has 0 radical (unpaired) electrons. The van der Waals surface area contributed by atoms with Crippen molar-refractivity contribution < 1.29 is 13.6 Å². The van der Waals surface area contributed by atoms with Gasteiger partial charge in [-0.1, -0.05) is 19.8 Å². The number of benzene rings is 1. The number of carbonyl (C=O) groups excluding carboxylic acids is 1. The second kappa shape index (κ2) is 5.47.